The molecule has 0 heterocycles. The summed E-state index contributed by atoms with van der Waals surface area (Å²) >= 11 is 11.8. The van der Waals surface area contributed by atoms with Crippen molar-refractivity contribution in [3.8, 4) is 5.75 Å². The lowest BCUT2D eigenvalue weighted by Gasteiger charge is -2.04. The Balaban J connectivity index is 1.80. The molecular formula is C19H12Cl2O2. The molecule has 3 aromatic carbocycles. The number of ether oxygens (including phenoxy) is 1. The van der Waals surface area contributed by atoms with E-state index in [4.69, 9.17) is 27.9 Å². The van der Waals surface area contributed by atoms with Crippen molar-refractivity contribution >= 4 is 46.0 Å². The van der Waals surface area contributed by atoms with Crippen LogP contribution in [0.3, 0.4) is 0 Å². The quantitative estimate of drug-likeness (QED) is 0.343. The maximum atomic E-state index is 12.0. The minimum atomic E-state index is -0.498. The third-order valence-electron chi connectivity index (χ3n) is 3.33. The van der Waals surface area contributed by atoms with Crippen LogP contribution in [0.1, 0.15) is 5.56 Å². The first-order valence-electron chi connectivity index (χ1n) is 6.96. The monoisotopic (exact) mass is 342 g/mol. The molecule has 3 aromatic rings. The van der Waals surface area contributed by atoms with E-state index in [2.05, 4.69) is 0 Å². The van der Waals surface area contributed by atoms with Gasteiger partial charge in [0.15, 0.2) is 0 Å². The van der Waals surface area contributed by atoms with Gasteiger partial charge in [-0.05, 0) is 40.6 Å². The number of hydrogen-bond donors (Lipinski definition) is 0. The van der Waals surface area contributed by atoms with E-state index in [9.17, 15) is 4.79 Å². The molecule has 0 aliphatic rings. The van der Waals surface area contributed by atoms with Gasteiger partial charge in [-0.2, -0.15) is 0 Å². The number of halogens is 2. The van der Waals surface area contributed by atoms with Gasteiger partial charge < -0.3 is 4.74 Å². The van der Waals surface area contributed by atoms with Crippen molar-refractivity contribution in [2.24, 2.45) is 0 Å². The van der Waals surface area contributed by atoms with Gasteiger partial charge in [-0.25, -0.2) is 4.79 Å². The Morgan fingerprint density at radius 3 is 2.57 bits per heavy atom. The first-order valence-corrected chi connectivity index (χ1v) is 7.72. The number of hydrogen-bond acceptors (Lipinski definition) is 2. The summed E-state index contributed by atoms with van der Waals surface area (Å²) in [6, 6.07) is 18.6. The molecule has 0 spiro atoms. The van der Waals surface area contributed by atoms with Crippen LogP contribution in [0.4, 0.5) is 0 Å². The van der Waals surface area contributed by atoms with Crippen molar-refractivity contribution in [2.45, 2.75) is 0 Å². The van der Waals surface area contributed by atoms with Crippen LogP contribution in [0.5, 0.6) is 5.75 Å². The number of benzene rings is 3. The van der Waals surface area contributed by atoms with Gasteiger partial charge in [0.1, 0.15) is 5.75 Å². The smallest absolute Gasteiger partial charge is 0.336 e. The van der Waals surface area contributed by atoms with E-state index in [-0.39, 0.29) is 5.75 Å². The topological polar surface area (TPSA) is 26.3 Å². The Labute approximate surface area is 143 Å². The number of esters is 1. The summed E-state index contributed by atoms with van der Waals surface area (Å²) < 4.78 is 5.22. The zero-order valence-corrected chi connectivity index (χ0v) is 13.5. The molecule has 0 aromatic heterocycles. The van der Waals surface area contributed by atoms with Crippen molar-refractivity contribution in [1.82, 2.24) is 0 Å². The van der Waals surface area contributed by atoms with E-state index in [0.29, 0.717) is 10.0 Å². The molecule has 0 saturated heterocycles. The van der Waals surface area contributed by atoms with E-state index in [1.54, 1.807) is 18.2 Å². The summed E-state index contributed by atoms with van der Waals surface area (Å²) in [6.45, 7) is 0. The van der Waals surface area contributed by atoms with Gasteiger partial charge in [-0.3, -0.25) is 0 Å². The van der Waals surface area contributed by atoms with Crippen molar-refractivity contribution in [1.29, 1.82) is 0 Å². The molecule has 0 N–H and O–H groups in total. The average Bonchev–Trinajstić information content (AvgIpc) is 2.55. The predicted octanol–water partition coefficient (Wildman–Crippen LogP) is 5.77. The summed E-state index contributed by atoms with van der Waals surface area (Å²) in [4.78, 5) is 12.0. The lowest BCUT2D eigenvalue weighted by molar-refractivity contribution is -0.128. The highest BCUT2D eigenvalue weighted by atomic mass is 35.5. The first kappa shape index (κ1) is 15.6. The molecule has 4 heteroatoms. The van der Waals surface area contributed by atoms with Gasteiger partial charge in [-0.15, -0.1) is 0 Å². The highest BCUT2D eigenvalue weighted by Crippen LogP contribution is 2.27. The molecule has 0 radical (unpaired) electrons. The van der Waals surface area contributed by atoms with Gasteiger partial charge in [0, 0.05) is 11.1 Å². The molecule has 0 unspecified atom stereocenters. The number of rotatable bonds is 3. The fraction of sp³-hybridized carbons (Fsp3) is 0. The third-order valence-corrected chi connectivity index (χ3v) is 3.86. The molecule has 23 heavy (non-hydrogen) atoms. The van der Waals surface area contributed by atoms with Crippen LogP contribution in [0.15, 0.2) is 66.7 Å². The second kappa shape index (κ2) is 6.86. The lowest BCUT2D eigenvalue weighted by Crippen LogP contribution is -2.04. The van der Waals surface area contributed by atoms with Gasteiger partial charge >= 0.3 is 5.97 Å². The fourth-order valence-electron chi connectivity index (χ4n) is 2.25. The van der Waals surface area contributed by atoms with Crippen LogP contribution in [0, 0.1) is 0 Å². The van der Waals surface area contributed by atoms with Crippen molar-refractivity contribution in [2.75, 3.05) is 0 Å². The highest BCUT2D eigenvalue weighted by molar-refractivity contribution is 6.35. The second-order valence-electron chi connectivity index (χ2n) is 4.90. The Morgan fingerprint density at radius 1 is 0.957 bits per heavy atom. The molecule has 3 rings (SSSR count). The molecular weight excluding hydrogens is 331 g/mol. The zero-order valence-electron chi connectivity index (χ0n) is 12.0. The SMILES string of the molecule is O=C(C=Cc1cccc2ccccc12)Oc1ccc(Cl)cc1Cl. The van der Waals surface area contributed by atoms with Crippen LogP contribution < -0.4 is 4.74 Å². The minimum Gasteiger partial charge on any atom is -0.422 e. The average molecular weight is 343 g/mol. The lowest BCUT2D eigenvalue weighted by atomic mass is 10.0. The summed E-state index contributed by atoms with van der Waals surface area (Å²) in [5.74, 6) is -0.217. The molecule has 2 nitrogen and oxygen atoms in total. The predicted molar refractivity (Wildman–Crippen MR) is 95.1 cm³/mol. The number of carbonyl (C=O) groups excluding carboxylic acids is 1. The fourth-order valence-corrected chi connectivity index (χ4v) is 2.70. The van der Waals surface area contributed by atoms with Crippen molar-refractivity contribution in [3.05, 3.63) is 82.3 Å². The molecule has 0 atom stereocenters. The Kier molecular flexibility index (Phi) is 4.65. The van der Waals surface area contributed by atoms with Gasteiger partial charge in [0.2, 0.25) is 0 Å². The van der Waals surface area contributed by atoms with Crippen LogP contribution in [-0.2, 0) is 4.79 Å². The molecule has 0 fully saturated rings. The van der Waals surface area contributed by atoms with E-state index in [0.717, 1.165) is 16.3 Å². The third kappa shape index (κ3) is 3.73. The number of fused-ring (bicyclic) bond motifs is 1. The van der Waals surface area contributed by atoms with Crippen LogP contribution in [0.25, 0.3) is 16.8 Å². The second-order valence-corrected chi connectivity index (χ2v) is 5.74. The van der Waals surface area contributed by atoms with Crippen molar-refractivity contribution in [3.63, 3.8) is 0 Å². The van der Waals surface area contributed by atoms with Gasteiger partial charge in [-0.1, -0.05) is 65.7 Å². The van der Waals surface area contributed by atoms with Gasteiger partial charge in [0.05, 0.1) is 5.02 Å². The van der Waals surface area contributed by atoms with E-state index < -0.39 is 5.97 Å². The maximum absolute atomic E-state index is 12.0. The Hall–Kier alpha value is -2.29. The minimum absolute atomic E-state index is 0.281. The zero-order chi connectivity index (χ0) is 16.2. The van der Waals surface area contributed by atoms with E-state index in [1.807, 2.05) is 42.5 Å². The maximum Gasteiger partial charge on any atom is 0.336 e. The van der Waals surface area contributed by atoms with Crippen LogP contribution in [-0.4, -0.2) is 5.97 Å². The van der Waals surface area contributed by atoms with Gasteiger partial charge in [0.25, 0.3) is 0 Å². The Bertz CT molecular complexity index is 896. The largest absolute Gasteiger partial charge is 0.422 e. The normalized spacial score (nSPS) is 11.0. The number of carbonyl (C=O) groups is 1. The van der Waals surface area contributed by atoms with Crippen LogP contribution >= 0.6 is 23.2 Å². The first-order chi connectivity index (χ1) is 11.1. The standard InChI is InChI=1S/C19H12Cl2O2/c20-15-9-10-18(17(21)12-15)23-19(22)11-8-14-6-3-5-13-4-1-2-7-16(13)14/h1-12H. The molecule has 0 saturated carbocycles. The van der Waals surface area contributed by atoms with E-state index in [1.165, 1.54) is 12.1 Å². The molecule has 114 valence electrons. The Morgan fingerprint density at radius 2 is 1.74 bits per heavy atom. The molecule has 0 bridgehead atoms. The summed E-state index contributed by atoms with van der Waals surface area (Å²) in [5, 5.41) is 2.97. The summed E-state index contributed by atoms with van der Waals surface area (Å²) in [6.07, 6.45) is 3.11. The molecule has 0 aliphatic heterocycles. The summed E-state index contributed by atoms with van der Waals surface area (Å²) in [7, 11) is 0. The molecule has 0 aliphatic carbocycles. The van der Waals surface area contributed by atoms with E-state index >= 15 is 0 Å². The van der Waals surface area contributed by atoms with Crippen molar-refractivity contribution < 1.29 is 9.53 Å². The molecule has 0 amide bonds. The van der Waals surface area contributed by atoms with Crippen LogP contribution in [0.2, 0.25) is 10.0 Å². The summed E-state index contributed by atoms with van der Waals surface area (Å²) in [5.41, 5.74) is 0.947. The highest BCUT2D eigenvalue weighted by Gasteiger charge is 2.06.